The number of amides is 2. The third-order valence-corrected chi connectivity index (χ3v) is 5.07. The number of nitrogens with one attached hydrogen (secondary N) is 2. The van der Waals surface area contributed by atoms with E-state index < -0.39 is 0 Å². The second-order valence-corrected chi connectivity index (χ2v) is 7.50. The van der Waals surface area contributed by atoms with Crippen LogP contribution in [0.25, 0.3) is 11.0 Å². The number of anilines is 1. The van der Waals surface area contributed by atoms with Crippen LogP contribution in [-0.2, 0) is 18.3 Å². The number of carbonyl (C=O) groups is 2. The van der Waals surface area contributed by atoms with E-state index in [0.29, 0.717) is 29.4 Å². The molecule has 32 heavy (non-hydrogen) atoms. The van der Waals surface area contributed by atoms with Gasteiger partial charge in [0.1, 0.15) is 11.6 Å². The van der Waals surface area contributed by atoms with Crippen LogP contribution < -0.4 is 15.4 Å². The first-order chi connectivity index (χ1) is 15.5. The van der Waals surface area contributed by atoms with Crippen LogP contribution in [0.2, 0.25) is 5.02 Å². The normalized spacial score (nSPS) is 10.8. The van der Waals surface area contributed by atoms with E-state index in [9.17, 15) is 9.59 Å². The molecular formula is C23H21ClN4O4. The van der Waals surface area contributed by atoms with Gasteiger partial charge in [0, 0.05) is 30.7 Å². The number of aromatic nitrogens is 2. The fraction of sp³-hybridized carbons (Fsp3) is 0.174. The zero-order valence-corrected chi connectivity index (χ0v) is 18.1. The van der Waals surface area contributed by atoms with Crippen molar-refractivity contribution < 1.29 is 18.7 Å². The lowest BCUT2D eigenvalue weighted by Gasteiger charge is -2.08. The highest BCUT2D eigenvalue weighted by Gasteiger charge is 2.12. The zero-order chi connectivity index (χ0) is 22.5. The molecule has 9 heteroatoms. The number of hydrogen-bond acceptors (Lipinski definition) is 5. The summed E-state index contributed by atoms with van der Waals surface area (Å²) in [5.41, 5.74) is 2.29. The monoisotopic (exact) mass is 452 g/mol. The first kappa shape index (κ1) is 21.5. The van der Waals surface area contributed by atoms with Crippen molar-refractivity contribution in [3.05, 3.63) is 77.5 Å². The third kappa shape index (κ3) is 5.09. The zero-order valence-electron chi connectivity index (χ0n) is 17.3. The van der Waals surface area contributed by atoms with E-state index >= 15 is 0 Å². The van der Waals surface area contributed by atoms with Gasteiger partial charge in [-0.15, -0.1) is 0 Å². The van der Waals surface area contributed by atoms with Crippen molar-refractivity contribution in [1.82, 2.24) is 14.9 Å². The molecule has 2 heterocycles. The maximum absolute atomic E-state index is 12.2. The lowest BCUT2D eigenvalue weighted by Crippen LogP contribution is -2.25. The molecule has 0 unspecified atom stereocenters. The van der Waals surface area contributed by atoms with Crippen molar-refractivity contribution in [2.45, 2.75) is 6.42 Å². The van der Waals surface area contributed by atoms with Crippen LogP contribution in [0.3, 0.4) is 0 Å². The average Bonchev–Trinajstić information content (AvgIpc) is 3.42. The first-order valence-corrected chi connectivity index (χ1v) is 10.3. The van der Waals surface area contributed by atoms with E-state index in [1.54, 1.807) is 42.5 Å². The van der Waals surface area contributed by atoms with Crippen LogP contribution in [-0.4, -0.2) is 34.5 Å². The summed E-state index contributed by atoms with van der Waals surface area (Å²) in [6, 6.07) is 15.6. The van der Waals surface area contributed by atoms with E-state index in [1.807, 2.05) is 23.7 Å². The summed E-state index contributed by atoms with van der Waals surface area (Å²) in [4.78, 5) is 28.8. The number of furan rings is 1. The molecule has 8 nitrogen and oxygen atoms in total. The number of aryl methyl sites for hydroxylation is 1. The van der Waals surface area contributed by atoms with Crippen LogP contribution in [0.15, 0.2) is 65.3 Å². The van der Waals surface area contributed by atoms with Crippen LogP contribution >= 0.6 is 11.6 Å². The van der Waals surface area contributed by atoms with Crippen molar-refractivity contribution >= 4 is 40.1 Å². The Bertz CT molecular complexity index is 1230. The lowest BCUT2D eigenvalue weighted by atomic mass is 10.2. The van der Waals surface area contributed by atoms with E-state index in [1.165, 1.54) is 6.26 Å². The maximum atomic E-state index is 12.2. The fourth-order valence-electron chi connectivity index (χ4n) is 3.21. The highest BCUT2D eigenvalue weighted by molar-refractivity contribution is 6.30. The number of benzene rings is 2. The number of rotatable bonds is 8. The quantitative estimate of drug-likeness (QED) is 0.423. The van der Waals surface area contributed by atoms with Crippen LogP contribution in [0, 0.1) is 0 Å². The van der Waals surface area contributed by atoms with E-state index in [-0.39, 0.29) is 24.2 Å². The van der Waals surface area contributed by atoms with Crippen molar-refractivity contribution in [2.24, 2.45) is 7.05 Å². The topological polar surface area (TPSA) is 98.4 Å². The number of imidazole rings is 1. The summed E-state index contributed by atoms with van der Waals surface area (Å²) in [6.07, 6.45) is 2.01. The highest BCUT2D eigenvalue weighted by Crippen LogP contribution is 2.20. The van der Waals surface area contributed by atoms with Crippen LogP contribution in [0.1, 0.15) is 16.4 Å². The number of fused-ring (bicyclic) bond motifs is 1. The second kappa shape index (κ2) is 9.57. The molecule has 0 atom stereocenters. The van der Waals surface area contributed by atoms with Gasteiger partial charge in [-0.25, -0.2) is 4.98 Å². The second-order valence-electron chi connectivity index (χ2n) is 7.06. The van der Waals surface area contributed by atoms with Gasteiger partial charge in [0.15, 0.2) is 12.4 Å². The Morgan fingerprint density at radius 3 is 2.72 bits per heavy atom. The minimum Gasteiger partial charge on any atom is -0.484 e. The number of carbonyl (C=O) groups excluding carboxylic acids is 2. The number of nitrogens with zero attached hydrogens (tertiary/aromatic N) is 2. The molecule has 2 N–H and O–H groups in total. The van der Waals surface area contributed by atoms with Crippen molar-refractivity contribution in [3.63, 3.8) is 0 Å². The summed E-state index contributed by atoms with van der Waals surface area (Å²) >= 11 is 5.84. The molecule has 4 aromatic rings. The molecule has 0 fully saturated rings. The maximum Gasteiger partial charge on any atom is 0.286 e. The van der Waals surface area contributed by atoms with E-state index in [0.717, 1.165) is 16.9 Å². The molecule has 2 amide bonds. The molecular weight excluding hydrogens is 432 g/mol. The Kier molecular flexibility index (Phi) is 6.42. The molecule has 0 bridgehead atoms. The summed E-state index contributed by atoms with van der Waals surface area (Å²) in [5, 5.41) is 6.22. The van der Waals surface area contributed by atoms with E-state index in [2.05, 4.69) is 15.6 Å². The Labute approximate surface area is 189 Å². The van der Waals surface area contributed by atoms with Gasteiger partial charge < -0.3 is 24.4 Å². The van der Waals surface area contributed by atoms with E-state index in [4.69, 9.17) is 20.8 Å². The standard InChI is InChI=1S/C23H21ClN4O4/c1-28-19-9-6-16(26-22(29)14-32-17-7-4-15(24)5-8-17)13-18(19)27-21(28)10-11-25-23(30)20-3-2-12-31-20/h2-9,12-13H,10-11,14H2,1H3,(H,25,30)(H,26,29). The highest BCUT2D eigenvalue weighted by atomic mass is 35.5. The lowest BCUT2D eigenvalue weighted by molar-refractivity contribution is -0.118. The molecule has 0 aliphatic carbocycles. The molecule has 2 aromatic carbocycles. The Morgan fingerprint density at radius 2 is 1.97 bits per heavy atom. The summed E-state index contributed by atoms with van der Waals surface area (Å²) in [7, 11) is 1.91. The summed E-state index contributed by atoms with van der Waals surface area (Å²) in [6.45, 7) is 0.296. The Morgan fingerprint density at radius 1 is 1.16 bits per heavy atom. The minimum absolute atomic E-state index is 0.123. The van der Waals surface area contributed by atoms with Gasteiger partial charge in [-0.2, -0.15) is 0 Å². The molecule has 0 saturated carbocycles. The summed E-state index contributed by atoms with van der Waals surface area (Å²) in [5.74, 6) is 1.11. The average molecular weight is 453 g/mol. The molecule has 0 spiro atoms. The third-order valence-electron chi connectivity index (χ3n) is 4.82. The molecule has 2 aromatic heterocycles. The van der Waals surface area contributed by atoms with Crippen molar-refractivity contribution in [1.29, 1.82) is 0 Å². The van der Waals surface area contributed by atoms with Gasteiger partial charge in [-0.05, 0) is 54.6 Å². The largest absolute Gasteiger partial charge is 0.484 e. The van der Waals surface area contributed by atoms with Crippen LogP contribution in [0.4, 0.5) is 5.69 Å². The predicted molar refractivity (Wildman–Crippen MR) is 121 cm³/mol. The van der Waals surface area contributed by atoms with Gasteiger partial charge in [0.05, 0.1) is 17.3 Å². The van der Waals surface area contributed by atoms with Gasteiger partial charge >= 0.3 is 0 Å². The van der Waals surface area contributed by atoms with Gasteiger partial charge in [-0.3, -0.25) is 9.59 Å². The van der Waals surface area contributed by atoms with Crippen LogP contribution in [0.5, 0.6) is 5.75 Å². The molecule has 4 rings (SSSR count). The SMILES string of the molecule is Cn1c(CCNC(=O)c2ccco2)nc2cc(NC(=O)COc3ccc(Cl)cc3)ccc21. The first-order valence-electron chi connectivity index (χ1n) is 9.95. The summed E-state index contributed by atoms with van der Waals surface area (Å²) < 4.78 is 12.5. The number of hydrogen-bond donors (Lipinski definition) is 2. The van der Waals surface area contributed by atoms with Gasteiger partial charge in [0.2, 0.25) is 0 Å². The smallest absolute Gasteiger partial charge is 0.286 e. The molecule has 0 aliphatic rings. The molecule has 0 radical (unpaired) electrons. The Hall–Kier alpha value is -3.78. The number of halogens is 1. The predicted octanol–water partition coefficient (Wildman–Crippen LogP) is 3.81. The fourth-order valence-corrected chi connectivity index (χ4v) is 3.34. The van der Waals surface area contributed by atoms with Gasteiger partial charge in [-0.1, -0.05) is 11.6 Å². The van der Waals surface area contributed by atoms with Crippen molar-refractivity contribution in [3.8, 4) is 5.75 Å². The van der Waals surface area contributed by atoms with Gasteiger partial charge in [0.25, 0.3) is 11.8 Å². The number of ether oxygens (including phenoxy) is 1. The molecule has 0 saturated heterocycles. The molecule has 0 aliphatic heterocycles. The molecule has 164 valence electrons. The minimum atomic E-state index is -0.281. The Balaban J connectivity index is 1.34. The van der Waals surface area contributed by atoms with Crippen molar-refractivity contribution in [2.75, 3.05) is 18.5 Å².